The minimum atomic E-state index is -0.492. The summed E-state index contributed by atoms with van der Waals surface area (Å²) in [7, 11) is 1.58. The van der Waals surface area contributed by atoms with Gasteiger partial charge in [0, 0.05) is 5.56 Å². The van der Waals surface area contributed by atoms with Gasteiger partial charge in [0.15, 0.2) is 6.61 Å². The summed E-state index contributed by atoms with van der Waals surface area (Å²) in [6.07, 6.45) is 0. The van der Waals surface area contributed by atoms with Gasteiger partial charge in [-0.1, -0.05) is 29.8 Å². The third-order valence-electron chi connectivity index (χ3n) is 3.92. The molecule has 0 spiro atoms. The third-order valence-corrected chi connectivity index (χ3v) is 4.30. The lowest BCUT2D eigenvalue weighted by molar-refractivity contribution is -0.147. The first-order valence-electron chi connectivity index (χ1n) is 8.30. The molecular weight excluding hydrogens is 368 g/mol. The summed E-state index contributed by atoms with van der Waals surface area (Å²) in [6.45, 7) is 1.65. The van der Waals surface area contributed by atoms with E-state index in [2.05, 4.69) is 5.10 Å². The Labute approximate surface area is 162 Å². The molecular formula is C20H19ClN2O4. The van der Waals surface area contributed by atoms with E-state index in [1.807, 2.05) is 37.3 Å². The van der Waals surface area contributed by atoms with E-state index < -0.39 is 5.97 Å². The SMILES string of the molecule is COc1ccc(OCC(=O)OCc2c(C)nn(-c3ccccc3)c2Cl)cc1. The van der Waals surface area contributed by atoms with Gasteiger partial charge in [-0.3, -0.25) is 0 Å². The van der Waals surface area contributed by atoms with Crippen LogP contribution in [0.4, 0.5) is 0 Å². The van der Waals surface area contributed by atoms with E-state index in [4.69, 9.17) is 25.8 Å². The second kappa shape index (κ2) is 8.60. The molecule has 0 amide bonds. The van der Waals surface area contributed by atoms with E-state index in [1.165, 1.54) is 0 Å². The van der Waals surface area contributed by atoms with Crippen molar-refractivity contribution in [1.29, 1.82) is 0 Å². The van der Waals surface area contributed by atoms with Crippen molar-refractivity contribution >= 4 is 17.6 Å². The standard InChI is InChI=1S/C20H19ClN2O4/c1-14-18(20(21)23(22-14)15-6-4-3-5-7-15)12-27-19(24)13-26-17-10-8-16(25-2)9-11-17/h3-11H,12-13H2,1-2H3. The summed E-state index contributed by atoms with van der Waals surface area (Å²) in [6, 6.07) is 16.5. The van der Waals surface area contributed by atoms with Gasteiger partial charge in [0.25, 0.3) is 0 Å². The second-order valence-corrected chi connectivity index (χ2v) is 6.09. The van der Waals surface area contributed by atoms with Crippen molar-refractivity contribution in [3.05, 3.63) is 71.0 Å². The molecule has 3 aromatic rings. The number of para-hydroxylation sites is 1. The highest BCUT2D eigenvalue weighted by Crippen LogP contribution is 2.24. The molecule has 0 bridgehead atoms. The minimum absolute atomic E-state index is 0.0301. The number of methoxy groups -OCH3 is 1. The smallest absolute Gasteiger partial charge is 0.344 e. The lowest BCUT2D eigenvalue weighted by atomic mass is 10.3. The Bertz CT molecular complexity index is 908. The molecule has 0 aliphatic rings. The Hall–Kier alpha value is -2.99. The summed E-state index contributed by atoms with van der Waals surface area (Å²) in [5.74, 6) is 0.776. The van der Waals surface area contributed by atoms with Crippen LogP contribution in [0.3, 0.4) is 0 Å². The molecule has 1 heterocycles. The van der Waals surface area contributed by atoms with Crippen LogP contribution in [0.1, 0.15) is 11.3 Å². The maximum atomic E-state index is 12.0. The van der Waals surface area contributed by atoms with E-state index in [9.17, 15) is 4.79 Å². The number of ether oxygens (including phenoxy) is 3. The summed E-state index contributed by atoms with van der Waals surface area (Å²) in [5, 5.41) is 4.84. The van der Waals surface area contributed by atoms with E-state index in [0.29, 0.717) is 27.9 Å². The molecule has 0 N–H and O–H groups in total. The fourth-order valence-electron chi connectivity index (χ4n) is 2.44. The van der Waals surface area contributed by atoms with Gasteiger partial charge in [-0.2, -0.15) is 5.10 Å². The number of aryl methyl sites for hydroxylation is 1. The van der Waals surface area contributed by atoms with Crippen LogP contribution in [-0.2, 0) is 16.1 Å². The molecule has 6 nitrogen and oxygen atoms in total. The molecule has 1 aromatic heterocycles. The Balaban J connectivity index is 1.58. The van der Waals surface area contributed by atoms with Crippen molar-refractivity contribution in [2.75, 3.05) is 13.7 Å². The fraction of sp³-hybridized carbons (Fsp3) is 0.200. The number of rotatable bonds is 7. The van der Waals surface area contributed by atoms with Crippen molar-refractivity contribution in [3.8, 4) is 17.2 Å². The maximum Gasteiger partial charge on any atom is 0.344 e. The van der Waals surface area contributed by atoms with Gasteiger partial charge in [-0.05, 0) is 43.3 Å². The number of hydrogen-bond acceptors (Lipinski definition) is 5. The van der Waals surface area contributed by atoms with Crippen molar-refractivity contribution in [2.24, 2.45) is 0 Å². The molecule has 140 valence electrons. The first-order valence-corrected chi connectivity index (χ1v) is 8.68. The lowest BCUT2D eigenvalue weighted by Crippen LogP contribution is -2.15. The molecule has 0 aliphatic heterocycles. The van der Waals surface area contributed by atoms with Crippen LogP contribution in [0, 0.1) is 6.92 Å². The van der Waals surface area contributed by atoms with Crippen molar-refractivity contribution < 1.29 is 19.0 Å². The van der Waals surface area contributed by atoms with E-state index in [0.717, 1.165) is 5.69 Å². The van der Waals surface area contributed by atoms with Gasteiger partial charge in [0.2, 0.25) is 0 Å². The van der Waals surface area contributed by atoms with Gasteiger partial charge >= 0.3 is 5.97 Å². The number of esters is 1. The van der Waals surface area contributed by atoms with Gasteiger partial charge < -0.3 is 14.2 Å². The molecule has 0 atom stereocenters. The summed E-state index contributed by atoms with van der Waals surface area (Å²) in [4.78, 5) is 12.0. The molecule has 0 saturated heterocycles. The van der Waals surface area contributed by atoms with Crippen LogP contribution in [-0.4, -0.2) is 29.5 Å². The van der Waals surface area contributed by atoms with Crippen LogP contribution in [0.15, 0.2) is 54.6 Å². The van der Waals surface area contributed by atoms with Gasteiger partial charge in [0.05, 0.1) is 18.5 Å². The number of carbonyl (C=O) groups excluding carboxylic acids is 1. The Kier molecular flexibility index (Phi) is 5.98. The van der Waals surface area contributed by atoms with Crippen LogP contribution in [0.2, 0.25) is 5.15 Å². The molecule has 0 aliphatic carbocycles. The molecule has 0 saturated carbocycles. The quantitative estimate of drug-likeness (QED) is 0.575. The van der Waals surface area contributed by atoms with Crippen LogP contribution in [0.25, 0.3) is 5.69 Å². The van der Waals surface area contributed by atoms with Crippen molar-refractivity contribution in [3.63, 3.8) is 0 Å². The number of benzene rings is 2. The van der Waals surface area contributed by atoms with Crippen LogP contribution >= 0.6 is 11.6 Å². The zero-order valence-electron chi connectivity index (χ0n) is 15.0. The number of halogens is 1. The third kappa shape index (κ3) is 4.60. The lowest BCUT2D eigenvalue weighted by Gasteiger charge is -2.08. The normalized spacial score (nSPS) is 10.5. The number of aromatic nitrogens is 2. The topological polar surface area (TPSA) is 62.6 Å². The zero-order chi connectivity index (χ0) is 19.2. The van der Waals surface area contributed by atoms with Crippen molar-refractivity contribution in [2.45, 2.75) is 13.5 Å². The molecule has 2 aromatic carbocycles. The van der Waals surface area contributed by atoms with E-state index >= 15 is 0 Å². The minimum Gasteiger partial charge on any atom is -0.497 e. The first-order chi connectivity index (χ1) is 13.1. The molecule has 3 rings (SSSR count). The monoisotopic (exact) mass is 386 g/mol. The van der Waals surface area contributed by atoms with Crippen LogP contribution < -0.4 is 9.47 Å². The highest BCUT2D eigenvalue weighted by Gasteiger charge is 2.16. The van der Waals surface area contributed by atoms with Crippen LogP contribution in [0.5, 0.6) is 11.5 Å². The molecule has 27 heavy (non-hydrogen) atoms. The Morgan fingerprint density at radius 2 is 1.74 bits per heavy atom. The van der Waals surface area contributed by atoms with E-state index in [-0.39, 0.29) is 13.2 Å². The summed E-state index contributed by atoms with van der Waals surface area (Å²) in [5.41, 5.74) is 2.21. The first kappa shape index (κ1) is 18.8. The predicted molar refractivity (Wildman–Crippen MR) is 102 cm³/mol. The molecule has 0 radical (unpaired) electrons. The molecule has 7 heteroatoms. The second-order valence-electron chi connectivity index (χ2n) is 5.73. The average Bonchev–Trinajstić information content (AvgIpc) is 2.99. The molecule has 0 unspecified atom stereocenters. The number of carbonyl (C=O) groups is 1. The van der Waals surface area contributed by atoms with Gasteiger partial charge in [-0.25, -0.2) is 9.48 Å². The van der Waals surface area contributed by atoms with Gasteiger partial charge in [-0.15, -0.1) is 0 Å². The largest absolute Gasteiger partial charge is 0.497 e. The number of nitrogens with zero attached hydrogens (tertiary/aromatic N) is 2. The maximum absolute atomic E-state index is 12.0. The summed E-state index contributed by atoms with van der Waals surface area (Å²) >= 11 is 6.42. The highest BCUT2D eigenvalue weighted by atomic mass is 35.5. The zero-order valence-corrected chi connectivity index (χ0v) is 15.8. The fourth-order valence-corrected chi connectivity index (χ4v) is 2.77. The van der Waals surface area contributed by atoms with Gasteiger partial charge in [0.1, 0.15) is 23.3 Å². The van der Waals surface area contributed by atoms with E-state index in [1.54, 1.807) is 36.1 Å². The summed E-state index contributed by atoms with van der Waals surface area (Å²) < 4.78 is 17.4. The van der Waals surface area contributed by atoms with Crippen molar-refractivity contribution in [1.82, 2.24) is 9.78 Å². The number of hydrogen-bond donors (Lipinski definition) is 0. The highest BCUT2D eigenvalue weighted by molar-refractivity contribution is 6.30. The Morgan fingerprint density at radius 1 is 1.07 bits per heavy atom. The Morgan fingerprint density at radius 3 is 2.41 bits per heavy atom. The predicted octanol–water partition coefficient (Wildman–Crippen LogP) is 3.96. The average molecular weight is 387 g/mol. The molecule has 0 fully saturated rings.